The van der Waals surface area contributed by atoms with Gasteiger partial charge in [-0.25, -0.2) is 0 Å². The molecule has 8 heteroatoms. The molecule has 1 aromatic rings. The fourth-order valence-corrected chi connectivity index (χ4v) is 1.31. The van der Waals surface area contributed by atoms with Gasteiger partial charge in [0.15, 0.2) is 5.69 Å². The lowest BCUT2D eigenvalue weighted by molar-refractivity contribution is -0.146. The zero-order valence-corrected chi connectivity index (χ0v) is 9.65. The molecule has 1 atom stereocenters. The number of esters is 1. The SMILES string of the molecule is CCOC(=O)CC(O)Cn1ccc(C(F)(F)F)n1. The van der Waals surface area contributed by atoms with Crippen molar-refractivity contribution < 1.29 is 27.8 Å². The van der Waals surface area contributed by atoms with E-state index in [1.807, 2.05) is 0 Å². The zero-order valence-electron chi connectivity index (χ0n) is 9.65. The summed E-state index contributed by atoms with van der Waals surface area (Å²) in [5.74, 6) is -0.604. The van der Waals surface area contributed by atoms with E-state index < -0.39 is 23.9 Å². The van der Waals surface area contributed by atoms with Gasteiger partial charge >= 0.3 is 12.1 Å². The van der Waals surface area contributed by atoms with Gasteiger partial charge in [0, 0.05) is 6.20 Å². The fraction of sp³-hybridized carbons (Fsp3) is 0.600. The molecule has 1 unspecified atom stereocenters. The van der Waals surface area contributed by atoms with E-state index >= 15 is 0 Å². The Labute approximate surface area is 101 Å². The van der Waals surface area contributed by atoms with Crippen molar-refractivity contribution in [3.63, 3.8) is 0 Å². The van der Waals surface area contributed by atoms with Crippen molar-refractivity contribution in [2.45, 2.75) is 32.2 Å². The Morgan fingerprint density at radius 3 is 2.78 bits per heavy atom. The standard InChI is InChI=1S/C10H13F3N2O3/c1-2-18-9(17)5-7(16)6-15-4-3-8(14-15)10(11,12)13/h3-4,7,16H,2,5-6H2,1H3. The molecular formula is C10H13F3N2O3. The van der Waals surface area contributed by atoms with Crippen LogP contribution in [0.1, 0.15) is 19.0 Å². The van der Waals surface area contributed by atoms with E-state index in [1.165, 1.54) is 0 Å². The van der Waals surface area contributed by atoms with Gasteiger partial charge in [0.2, 0.25) is 0 Å². The average Bonchev–Trinajstić information content (AvgIpc) is 2.65. The van der Waals surface area contributed by atoms with Crippen LogP contribution in [0.4, 0.5) is 13.2 Å². The van der Waals surface area contributed by atoms with Gasteiger partial charge in [-0.1, -0.05) is 0 Å². The van der Waals surface area contributed by atoms with Crippen molar-refractivity contribution in [1.82, 2.24) is 9.78 Å². The first kappa shape index (κ1) is 14.5. The summed E-state index contributed by atoms with van der Waals surface area (Å²) in [5, 5.41) is 12.7. The third-order valence-corrected chi connectivity index (χ3v) is 2.04. The Bertz CT molecular complexity index is 403. The largest absolute Gasteiger partial charge is 0.466 e. The van der Waals surface area contributed by atoms with Crippen LogP contribution < -0.4 is 0 Å². The summed E-state index contributed by atoms with van der Waals surface area (Å²) in [6.45, 7) is 1.60. The van der Waals surface area contributed by atoms with E-state index in [0.717, 1.165) is 16.9 Å². The van der Waals surface area contributed by atoms with Gasteiger partial charge in [-0.3, -0.25) is 9.48 Å². The molecule has 0 amide bonds. The molecule has 0 aliphatic rings. The maximum absolute atomic E-state index is 12.2. The molecule has 0 saturated heterocycles. The second kappa shape index (κ2) is 5.85. The predicted octanol–water partition coefficient (Wildman–Crippen LogP) is 1.22. The van der Waals surface area contributed by atoms with Crippen molar-refractivity contribution in [3.05, 3.63) is 18.0 Å². The lowest BCUT2D eigenvalue weighted by atomic mass is 10.2. The van der Waals surface area contributed by atoms with E-state index in [9.17, 15) is 23.1 Å². The molecule has 0 aliphatic carbocycles. The summed E-state index contributed by atoms with van der Waals surface area (Å²) < 4.78 is 42.2. The molecule has 0 bridgehead atoms. The van der Waals surface area contributed by atoms with E-state index in [1.54, 1.807) is 6.92 Å². The van der Waals surface area contributed by atoms with Crippen LogP contribution in [-0.2, 0) is 22.3 Å². The minimum atomic E-state index is -4.52. The first-order valence-electron chi connectivity index (χ1n) is 5.27. The summed E-state index contributed by atoms with van der Waals surface area (Å²) in [6.07, 6.45) is -4.84. The van der Waals surface area contributed by atoms with Crippen LogP contribution in [0.2, 0.25) is 0 Å². The molecule has 0 aromatic carbocycles. The molecule has 18 heavy (non-hydrogen) atoms. The maximum Gasteiger partial charge on any atom is 0.435 e. The summed E-state index contributed by atoms with van der Waals surface area (Å²) in [7, 11) is 0. The maximum atomic E-state index is 12.2. The monoisotopic (exact) mass is 266 g/mol. The van der Waals surface area contributed by atoms with Crippen molar-refractivity contribution >= 4 is 5.97 Å². The van der Waals surface area contributed by atoms with Crippen molar-refractivity contribution in [3.8, 4) is 0 Å². The molecular weight excluding hydrogens is 253 g/mol. The number of alkyl halides is 3. The molecule has 1 N–H and O–H groups in total. The van der Waals surface area contributed by atoms with Gasteiger partial charge in [0.05, 0.1) is 25.7 Å². The first-order valence-corrected chi connectivity index (χ1v) is 5.27. The van der Waals surface area contributed by atoms with Crippen molar-refractivity contribution in [1.29, 1.82) is 0 Å². The van der Waals surface area contributed by atoms with E-state index in [0.29, 0.717) is 0 Å². The molecule has 5 nitrogen and oxygen atoms in total. The minimum absolute atomic E-state index is 0.186. The number of aliphatic hydroxyl groups excluding tert-OH is 1. The van der Waals surface area contributed by atoms with Gasteiger partial charge < -0.3 is 9.84 Å². The number of carbonyl (C=O) groups is 1. The zero-order chi connectivity index (χ0) is 13.8. The lowest BCUT2D eigenvalue weighted by Crippen LogP contribution is -2.22. The highest BCUT2D eigenvalue weighted by Crippen LogP contribution is 2.27. The van der Waals surface area contributed by atoms with Crippen LogP contribution in [-0.4, -0.2) is 33.6 Å². The summed E-state index contributed by atoms with van der Waals surface area (Å²) in [6, 6.07) is 0.803. The minimum Gasteiger partial charge on any atom is -0.466 e. The number of nitrogens with zero attached hydrogens (tertiary/aromatic N) is 2. The third kappa shape index (κ3) is 4.36. The van der Waals surface area contributed by atoms with Crippen LogP contribution in [0, 0.1) is 0 Å². The van der Waals surface area contributed by atoms with Crippen LogP contribution in [0.5, 0.6) is 0 Å². The molecule has 102 valence electrons. The normalized spacial score (nSPS) is 13.4. The number of hydrogen-bond acceptors (Lipinski definition) is 4. The fourth-order valence-electron chi connectivity index (χ4n) is 1.31. The van der Waals surface area contributed by atoms with Gasteiger partial charge in [-0.15, -0.1) is 0 Å². The molecule has 1 rings (SSSR count). The second-order valence-corrected chi connectivity index (χ2v) is 3.58. The molecule has 0 aliphatic heterocycles. The summed E-state index contributed by atoms with van der Waals surface area (Å²) in [5.41, 5.74) is -1.04. The first-order chi connectivity index (χ1) is 8.32. The Hall–Kier alpha value is -1.57. The molecule has 0 radical (unpaired) electrons. The molecule has 0 saturated carbocycles. The number of rotatable bonds is 5. The van der Waals surface area contributed by atoms with Crippen LogP contribution in [0.25, 0.3) is 0 Å². The Balaban J connectivity index is 2.52. The average molecular weight is 266 g/mol. The second-order valence-electron chi connectivity index (χ2n) is 3.58. The van der Waals surface area contributed by atoms with Crippen LogP contribution in [0.15, 0.2) is 12.3 Å². The highest BCUT2D eigenvalue weighted by atomic mass is 19.4. The van der Waals surface area contributed by atoms with Crippen molar-refractivity contribution in [2.75, 3.05) is 6.61 Å². The quantitative estimate of drug-likeness (QED) is 0.814. The van der Waals surface area contributed by atoms with Gasteiger partial charge in [0.1, 0.15) is 0 Å². The Morgan fingerprint density at radius 1 is 1.61 bits per heavy atom. The van der Waals surface area contributed by atoms with Gasteiger partial charge in [0.25, 0.3) is 0 Å². The Kier molecular flexibility index (Phi) is 4.71. The Morgan fingerprint density at radius 2 is 2.28 bits per heavy atom. The number of halogens is 3. The summed E-state index contributed by atoms with van der Waals surface area (Å²) >= 11 is 0. The van der Waals surface area contributed by atoms with E-state index in [2.05, 4.69) is 9.84 Å². The van der Waals surface area contributed by atoms with Gasteiger partial charge in [-0.05, 0) is 13.0 Å². The summed E-state index contributed by atoms with van der Waals surface area (Å²) in [4.78, 5) is 11.0. The van der Waals surface area contributed by atoms with Crippen molar-refractivity contribution in [2.24, 2.45) is 0 Å². The predicted molar refractivity (Wildman–Crippen MR) is 54.5 cm³/mol. The lowest BCUT2D eigenvalue weighted by Gasteiger charge is -2.10. The topological polar surface area (TPSA) is 64.3 Å². The molecule has 0 spiro atoms. The highest BCUT2D eigenvalue weighted by Gasteiger charge is 2.33. The van der Waals surface area contributed by atoms with Crippen LogP contribution in [0.3, 0.4) is 0 Å². The number of carbonyl (C=O) groups excluding carboxylic acids is 1. The number of aliphatic hydroxyl groups is 1. The smallest absolute Gasteiger partial charge is 0.435 e. The number of hydrogen-bond donors (Lipinski definition) is 1. The molecule has 1 aromatic heterocycles. The van der Waals surface area contributed by atoms with E-state index in [-0.39, 0.29) is 19.6 Å². The van der Waals surface area contributed by atoms with Gasteiger partial charge in [-0.2, -0.15) is 18.3 Å². The molecule has 1 heterocycles. The van der Waals surface area contributed by atoms with Crippen LogP contribution >= 0.6 is 0 Å². The third-order valence-electron chi connectivity index (χ3n) is 2.04. The number of ether oxygens (including phenoxy) is 1. The molecule has 0 fully saturated rings. The van der Waals surface area contributed by atoms with E-state index in [4.69, 9.17) is 0 Å². The highest BCUT2D eigenvalue weighted by molar-refractivity contribution is 5.69. The number of aromatic nitrogens is 2.